The molecule has 152 valence electrons. The van der Waals surface area contributed by atoms with Gasteiger partial charge in [-0.1, -0.05) is 12.1 Å². The SMILES string of the molecule is CN=C(NCCCN1CCCN(C)CC1)NCC(C)Oc1cccc(C)c1. The van der Waals surface area contributed by atoms with Crippen molar-refractivity contribution in [3.8, 4) is 5.75 Å². The molecule has 0 bridgehead atoms. The third-order valence-electron chi connectivity index (χ3n) is 4.86. The summed E-state index contributed by atoms with van der Waals surface area (Å²) in [5.41, 5.74) is 1.21. The number of nitrogens with one attached hydrogen (secondary N) is 2. The number of nitrogens with zero attached hydrogens (tertiary/aromatic N) is 3. The van der Waals surface area contributed by atoms with E-state index in [0.717, 1.165) is 31.2 Å². The summed E-state index contributed by atoms with van der Waals surface area (Å²) in [6.45, 7) is 11.7. The number of benzene rings is 1. The maximum Gasteiger partial charge on any atom is 0.191 e. The number of ether oxygens (including phenoxy) is 1. The maximum absolute atomic E-state index is 5.96. The number of rotatable bonds is 8. The normalized spacial score (nSPS) is 18.0. The second-order valence-corrected chi connectivity index (χ2v) is 7.48. The Morgan fingerprint density at radius 2 is 2.07 bits per heavy atom. The van der Waals surface area contributed by atoms with Gasteiger partial charge in [0.15, 0.2) is 5.96 Å². The lowest BCUT2D eigenvalue weighted by Crippen LogP contribution is -2.42. The largest absolute Gasteiger partial charge is 0.489 e. The average Bonchev–Trinajstić information content (AvgIpc) is 2.85. The van der Waals surface area contributed by atoms with Crippen LogP contribution < -0.4 is 15.4 Å². The Morgan fingerprint density at radius 1 is 1.22 bits per heavy atom. The van der Waals surface area contributed by atoms with Gasteiger partial charge in [0.25, 0.3) is 0 Å². The highest BCUT2D eigenvalue weighted by Gasteiger charge is 2.11. The van der Waals surface area contributed by atoms with E-state index in [-0.39, 0.29) is 6.10 Å². The van der Waals surface area contributed by atoms with Crippen LogP contribution in [-0.2, 0) is 0 Å². The zero-order valence-electron chi connectivity index (χ0n) is 17.5. The van der Waals surface area contributed by atoms with Crippen LogP contribution in [0.25, 0.3) is 0 Å². The summed E-state index contributed by atoms with van der Waals surface area (Å²) in [6.07, 6.45) is 2.46. The first kappa shape index (κ1) is 21.5. The molecule has 0 spiro atoms. The molecule has 0 saturated carbocycles. The van der Waals surface area contributed by atoms with Gasteiger partial charge in [0.05, 0.1) is 6.54 Å². The van der Waals surface area contributed by atoms with Crippen molar-refractivity contribution in [3.05, 3.63) is 29.8 Å². The lowest BCUT2D eigenvalue weighted by molar-refractivity contribution is 0.223. The summed E-state index contributed by atoms with van der Waals surface area (Å²) in [6, 6.07) is 8.15. The Labute approximate surface area is 165 Å². The second kappa shape index (κ2) is 11.8. The Morgan fingerprint density at radius 3 is 2.85 bits per heavy atom. The Balaban J connectivity index is 1.61. The van der Waals surface area contributed by atoms with Crippen LogP contribution in [0.4, 0.5) is 0 Å². The lowest BCUT2D eigenvalue weighted by Gasteiger charge is -2.21. The van der Waals surface area contributed by atoms with E-state index in [9.17, 15) is 0 Å². The number of hydrogen-bond acceptors (Lipinski definition) is 4. The van der Waals surface area contributed by atoms with Crippen LogP contribution >= 0.6 is 0 Å². The molecule has 27 heavy (non-hydrogen) atoms. The summed E-state index contributed by atoms with van der Waals surface area (Å²) in [5, 5.41) is 6.76. The molecule has 1 fully saturated rings. The molecule has 6 heteroatoms. The number of likely N-dealkylation sites (N-methyl/N-ethyl adjacent to an activating group) is 1. The molecule has 1 saturated heterocycles. The van der Waals surface area contributed by atoms with E-state index in [2.05, 4.69) is 58.5 Å². The first-order valence-electron chi connectivity index (χ1n) is 10.2. The molecule has 6 nitrogen and oxygen atoms in total. The molecule has 2 rings (SSSR count). The Bertz CT molecular complexity index is 577. The van der Waals surface area contributed by atoms with Crippen LogP contribution in [0.1, 0.15) is 25.3 Å². The molecule has 0 aromatic heterocycles. The van der Waals surface area contributed by atoms with Crippen molar-refractivity contribution in [2.45, 2.75) is 32.8 Å². The van der Waals surface area contributed by atoms with E-state index >= 15 is 0 Å². The molecule has 1 aliphatic rings. The fraction of sp³-hybridized carbons (Fsp3) is 0.667. The van der Waals surface area contributed by atoms with Crippen molar-refractivity contribution in [1.82, 2.24) is 20.4 Å². The van der Waals surface area contributed by atoms with Crippen molar-refractivity contribution in [1.29, 1.82) is 0 Å². The third kappa shape index (κ3) is 8.63. The molecule has 1 aromatic carbocycles. The van der Waals surface area contributed by atoms with E-state index in [1.165, 1.54) is 38.2 Å². The molecule has 2 N–H and O–H groups in total. The molecule has 0 aliphatic carbocycles. The van der Waals surface area contributed by atoms with Gasteiger partial charge in [0.1, 0.15) is 11.9 Å². The highest BCUT2D eigenvalue weighted by molar-refractivity contribution is 5.79. The highest BCUT2D eigenvalue weighted by Crippen LogP contribution is 2.13. The van der Waals surface area contributed by atoms with E-state index in [4.69, 9.17) is 4.74 Å². The number of guanidine groups is 1. The van der Waals surface area contributed by atoms with E-state index in [0.29, 0.717) is 6.54 Å². The summed E-state index contributed by atoms with van der Waals surface area (Å²) in [5.74, 6) is 1.75. The zero-order valence-corrected chi connectivity index (χ0v) is 17.5. The van der Waals surface area contributed by atoms with Gasteiger partial charge in [-0.15, -0.1) is 0 Å². The van der Waals surface area contributed by atoms with Crippen molar-refractivity contribution >= 4 is 5.96 Å². The minimum Gasteiger partial charge on any atom is -0.489 e. The van der Waals surface area contributed by atoms with Crippen LogP contribution in [-0.4, -0.2) is 81.8 Å². The van der Waals surface area contributed by atoms with Gasteiger partial charge in [-0.3, -0.25) is 4.99 Å². The predicted molar refractivity (Wildman–Crippen MR) is 114 cm³/mol. The van der Waals surface area contributed by atoms with E-state index in [1.54, 1.807) is 0 Å². The quantitative estimate of drug-likeness (QED) is 0.413. The monoisotopic (exact) mass is 375 g/mol. The summed E-state index contributed by atoms with van der Waals surface area (Å²) < 4.78 is 5.96. The molecule has 0 amide bonds. The molecular formula is C21H37N5O. The van der Waals surface area contributed by atoms with Crippen molar-refractivity contribution in [3.63, 3.8) is 0 Å². The number of hydrogen-bond donors (Lipinski definition) is 2. The topological polar surface area (TPSA) is 52.1 Å². The van der Waals surface area contributed by atoms with Gasteiger partial charge in [-0.05, 0) is 71.1 Å². The fourth-order valence-electron chi connectivity index (χ4n) is 3.26. The summed E-state index contributed by atoms with van der Waals surface area (Å²) in [7, 11) is 4.02. The van der Waals surface area contributed by atoms with Crippen LogP contribution in [0.3, 0.4) is 0 Å². The van der Waals surface area contributed by atoms with Crippen LogP contribution in [0.5, 0.6) is 5.75 Å². The predicted octanol–water partition coefficient (Wildman–Crippen LogP) is 1.95. The van der Waals surface area contributed by atoms with E-state index < -0.39 is 0 Å². The van der Waals surface area contributed by atoms with Crippen LogP contribution in [0, 0.1) is 6.92 Å². The standard InChI is InChI=1S/C21H37N5O/c1-18-8-5-9-20(16-18)27-19(2)17-24-21(22-3)23-10-6-12-26-13-7-11-25(4)14-15-26/h5,8-9,16,19H,6-7,10-15,17H2,1-4H3,(H2,22,23,24). The third-order valence-corrected chi connectivity index (χ3v) is 4.86. The fourth-order valence-corrected chi connectivity index (χ4v) is 3.26. The smallest absolute Gasteiger partial charge is 0.191 e. The van der Waals surface area contributed by atoms with Gasteiger partial charge in [-0.25, -0.2) is 0 Å². The zero-order chi connectivity index (χ0) is 19.5. The van der Waals surface area contributed by atoms with Gasteiger partial charge < -0.3 is 25.2 Å². The average molecular weight is 376 g/mol. The van der Waals surface area contributed by atoms with Gasteiger partial charge in [-0.2, -0.15) is 0 Å². The number of aryl methyl sites for hydroxylation is 1. The first-order valence-corrected chi connectivity index (χ1v) is 10.2. The van der Waals surface area contributed by atoms with Gasteiger partial charge >= 0.3 is 0 Å². The minimum absolute atomic E-state index is 0.0689. The molecular weight excluding hydrogens is 338 g/mol. The summed E-state index contributed by atoms with van der Waals surface area (Å²) in [4.78, 5) is 9.30. The van der Waals surface area contributed by atoms with E-state index in [1.807, 2.05) is 19.2 Å². The lowest BCUT2D eigenvalue weighted by atomic mass is 10.2. The molecule has 0 radical (unpaired) electrons. The van der Waals surface area contributed by atoms with Crippen molar-refractivity contribution < 1.29 is 4.74 Å². The molecule has 1 atom stereocenters. The first-order chi connectivity index (χ1) is 13.1. The van der Waals surface area contributed by atoms with Crippen LogP contribution in [0.15, 0.2) is 29.3 Å². The summed E-state index contributed by atoms with van der Waals surface area (Å²) >= 11 is 0. The van der Waals surface area contributed by atoms with Crippen molar-refractivity contribution in [2.75, 3.05) is 59.9 Å². The highest BCUT2D eigenvalue weighted by atomic mass is 16.5. The van der Waals surface area contributed by atoms with Gasteiger partial charge in [0, 0.05) is 26.7 Å². The second-order valence-electron chi connectivity index (χ2n) is 7.48. The molecule has 1 aromatic rings. The van der Waals surface area contributed by atoms with Gasteiger partial charge in [0.2, 0.25) is 0 Å². The molecule has 1 heterocycles. The molecule has 1 unspecified atom stereocenters. The Hall–Kier alpha value is -1.79. The van der Waals surface area contributed by atoms with Crippen molar-refractivity contribution in [2.24, 2.45) is 4.99 Å². The van der Waals surface area contributed by atoms with Crippen LogP contribution in [0.2, 0.25) is 0 Å². The Kier molecular flexibility index (Phi) is 9.42. The maximum atomic E-state index is 5.96. The molecule has 1 aliphatic heterocycles. The number of aliphatic imine (C=N–C) groups is 1. The minimum atomic E-state index is 0.0689.